The Labute approximate surface area is 223 Å². The fourth-order valence-corrected chi connectivity index (χ4v) is 0.589. The number of benzene rings is 1. The Morgan fingerprint density at radius 1 is 1.00 bits per heavy atom. The van der Waals surface area contributed by atoms with Crippen molar-refractivity contribution in [3.8, 4) is 0 Å². The Balaban J connectivity index is -0.0000000818. The van der Waals surface area contributed by atoms with Crippen LogP contribution in [0, 0.1) is 0 Å². The molecule has 0 fully saturated rings. The fraction of sp³-hybridized carbons (Fsp3) is 0. The maximum Gasteiger partial charge on any atom is 1.00 e. The molecule has 0 saturated heterocycles. The van der Waals surface area contributed by atoms with Crippen LogP contribution in [0.4, 0.5) is 0 Å². The molecule has 0 heterocycles. The minimum absolute atomic E-state index is 0. The van der Waals surface area contributed by atoms with Gasteiger partial charge in [0, 0.05) is 0 Å². The van der Waals surface area contributed by atoms with Gasteiger partial charge in [0.05, 0.1) is 0 Å². The van der Waals surface area contributed by atoms with Gasteiger partial charge in [0.2, 0.25) is 0 Å². The van der Waals surface area contributed by atoms with E-state index < -0.39 is 7.82 Å². The number of phosphoric acid groups is 1. The van der Waals surface area contributed by atoms with E-state index in [9.17, 15) is 0 Å². The van der Waals surface area contributed by atoms with Gasteiger partial charge in [-0.05, 0) is 5.56 Å². The van der Waals surface area contributed by atoms with Crippen LogP contribution in [0.1, 0.15) is 5.56 Å². The second-order valence-corrected chi connectivity index (χ2v) is 2.96. The molecule has 0 bridgehead atoms. The summed E-state index contributed by atoms with van der Waals surface area (Å²) < 4.78 is 8.55. The first kappa shape index (κ1) is 28.2. The van der Waals surface area contributed by atoms with Gasteiger partial charge in [-0.15, -0.1) is 0 Å². The van der Waals surface area contributed by atoms with Crippen LogP contribution in [-0.4, -0.2) is 0 Å². The monoisotopic (exact) mass is 316 g/mol. The molecular weight excluding hydrogens is 308 g/mol. The van der Waals surface area contributed by atoms with Gasteiger partial charge >= 0.3 is 154 Å². The molecule has 0 radical (unpaired) electrons. The van der Waals surface area contributed by atoms with E-state index in [0.29, 0.717) is 0 Å². The first-order valence-electron chi connectivity index (χ1n) is 3.34. The Hall–Kier alpha value is 3.98. The topological polar surface area (TPSA) is 86.2 Å². The van der Waals surface area contributed by atoms with Crippen molar-refractivity contribution in [2.75, 3.05) is 0 Å². The zero-order valence-corrected chi connectivity index (χ0v) is 20.0. The van der Waals surface area contributed by atoms with Crippen molar-refractivity contribution < 1.29 is 173 Å². The van der Waals surface area contributed by atoms with Crippen LogP contribution in [0.5, 0.6) is 0 Å². The number of rotatable bonds is 1. The zero-order valence-electron chi connectivity index (χ0n) is 9.75. The van der Waals surface area contributed by atoms with Crippen LogP contribution in [0.15, 0.2) is 36.9 Å². The van der Waals surface area contributed by atoms with Crippen molar-refractivity contribution in [3.63, 3.8) is 0 Å². The molecule has 4 nitrogen and oxygen atoms in total. The Kier molecular flexibility index (Phi) is 30.0. The summed E-state index contributed by atoms with van der Waals surface area (Å²) in [5.41, 5.74) is 1.17. The molecule has 0 atom stereocenters. The number of hydrogen-bond donors (Lipinski definition) is 0. The van der Waals surface area contributed by atoms with Crippen molar-refractivity contribution in [2.24, 2.45) is 0 Å². The summed E-state index contributed by atoms with van der Waals surface area (Å²) in [5, 5.41) is 0. The Morgan fingerprint density at radius 2 is 1.31 bits per heavy atom. The molecule has 0 spiro atoms. The second kappa shape index (κ2) is 17.0. The van der Waals surface area contributed by atoms with E-state index in [1.165, 1.54) is 5.56 Å². The first-order chi connectivity index (χ1) is 5.93. The van der Waals surface area contributed by atoms with Crippen LogP contribution in [-0.2, 0) is 4.57 Å². The van der Waals surface area contributed by atoms with Gasteiger partial charge in [0.1, 0.15) is 0 Å². The van der Waals surface area contributed by atoms with Gasteiger partial charge < -0.3 is 19.2 Å². The molecule has 0 aromatic heterocycles. The van der Waals surface area contributed by atoms with Gasteiger partial charge in [-0.1, -0.05) is 43.0 Å². The van der Waals surface area contributed by atoms with Gasteiger partial charge in [-0.2, -0.15) is 7.82 Å². The molecule has 16 heavy (non-hydrogen) atoms. The molecule has 8 heteroatoms. The van der Waals surface area contributed by atoms with E-state index in [2.05, 4.69) is 6.58 Å². The summed E-state index contributed by atoms with van der Waals surface area (Å²) in [6.07, 6.45) is 1.83. The van der Waals surface area contributed by atoms with Crippen LogP contribution < -0.4 is 169 Å². The third-order valence-electron chi connectivity index (χ3n) is 1.04. The Bertz CT molecular complexity index is 293. The fourth-order valence-electron chi connectivity index (χ4n) is 0.589. The van der Waals surface area contributed by atoms with E-state index in [4.69, 9.17) is 19.2 Å². The largest absolute Gasteiger partial charge is 1.00 e. The first-order valence-corrected chi connectivity index (χ1v) is 4.80. The molecule has 0 amide bonds. The summed E-state index contributed by atoms with van der Waals surface area (Å²) in [4.78, 5) is 25.6. The van der Waals surface area contributed by atoms with Crippen molar-refractivity contribution in [1.82, 2.24) is 0 Å². The van der Waals surface area contributed by atoms with E-state index in [1.807, 2.05) is 36.4 Å². The summed E-state index contributed by atoms with van der Waals surface area (Å²) >= 11 is 0. The standard InChI is InChI=1S/C8H8.3K.H3O4P/c1-2-8-6-4-3-5-7-8;;;;1-5(2,3)4/h2-7H,1H2;;;;(H3,1,2,3,4)/q;3*+1;/p-3. The van der Waals surface area contributed by atoms with Crippen LogP contribution in [0.25, 0.3) is 6.08 Å². The molecule has 0 N–H and O–H groups in total. The van der Waals surface area contributed by atoms with E-state index >= 15 is 0 Å². The minimum atomic E-state index is -5.39. The van der Waals surface area contributed by atoms with Gasteiger partial charge in [-0.3, -0.25) is 0 Å². The summed E-state index contributed by atoms with van der Waals surface area (Å²) in [6.45, 7) is 3.63. The maximum absolute atomic E-state index is 8.55. The number of hydrogen-bond acceptors (Lipinski definition) is 4. The van der Waals surface area contributed by atoms with Crippen molar-refractivity contribution in [3.05, 3.63) is 42.5 Å². The summed E-state index contributed by atoms with van der Waals surface area (Å²) in [7, 11) is -5.39. The molecule has 72 valence electrons. The third-order valence-corrected chi connectivity index (χ3v) is 1.04. The van der Waals surface area contributed by atoms with Crippen LogP contribution in [0.3, 0.4) is 0 Å². The van der Waals surface area contributed by atoms with E-state index in [1.54, 1.807) is 0 Å². The molecule has 0 unspecified atom stereocenters. The van der Waals surface area contributed by atoms with Gasteiger partial charge in [-0.25, -0.2) is 0 Å². The zero-order chi connectivity index (χ0) is 10.3. The van der Waals surface area contributed by atoms with Crippen molar-refractivity contribution in [1.29, 1.82) is 0 Å². The van der Waals surface area contributed by atoms with E-state index in [0.717, 1.165) is 0 Å². The molecule has 1 aromatic rings. The molecule has 1 aromatic carbocycles. The van der Waals surface area contributed by atoms with Crippen molar-refractivity contribution >= 4 is 13.9 Å². The smallest absolute Gasteiger partial charge is 0.822 e. The average molecular weight is 316 g/mol. The van der Waals surface area contributed by atoms with Gasteiger partial charge in [0.15, 0.2) is 0 Å². The summed E-state index contributed by atoms with van der Waals surface area (Å²) in [5.74, 6) is 0. The predicted octanol–water partition coefficient (Wildman–Crippen LogP) is -9.48. The van der Waals surface area contributed by atoms with E-state index in [-0.39, 0.29) is 154 Å². The molecule has 0 saturated carbocycles. The quantitative estimate of drug-likeness (QED) is 0.380. The molecule has 0 aliphatic rings. The normalized spacial score (nSPS) is 7.94. The second-order valence-electron chi connectivity index (χ2n) is 2.06. The third kappa shape index (κ3) is 26.5. The SMILES string of the molecule is C=Cc1ccccc1.O=P([O-])([O-])[O-].[K+].[K+].[K+]. The molecule has 0 aliphatic heterocycles. The average Bonchev–Trinajstić information content (AvgIpc) is 2.03. The van der Waals surface area contributed by atoms with Crippen LogP contribution in [0.2, 0.25) is 0 Å². The van der Waals surface area contributed by atoms with Gasteiger partial charge in [0.25, 0.3) is 0 Å². The predicted molar refractivity (Wildman–Crippen MR) is 44.1 cm³/mol. The minimum Gasteiger partial charge on any atom is -0.822 e. The molecule has 0 aliphatic carbocycles. The molecule has 1 rings (SSSR count). The summed E-state index contributed by atoms with van der Waals surface area (Å²) in [6, 6.07) is 10.0. The van der Waals surface area contributed by atoms with Crippen LogP contribution >= 0.6 is 7.82 Å². The Morgan fingerprint density at radius 3 is 1.50 bits per heavy atom. The molecular formula is C8H8K3O4P. The van der Waals surface area contributed by atoms with Crippen molar-refractivity contribution in [2.45, 2.75) is 0 Å². The maximum atomic E-state index is 8.55.